The second-order valence-corrected chi connectivity index (χ2v) is 7.59. The van der Waals surface area contributed by atoms with E-state index in [1.807, 2.05) is 19.0 Å². The standard InChI is InChI=1S/C16H28N6O2/c1-20(2)10-16(24)7-8-21(11-16)15(23)14-9-22(19-18-14)13-5-3-12(17)4-6-13/h9,12-13,24H,3-8,10-11,17H2,1-2H3/t12?,13?,16-/m1/s1. The van der Waals surface area contributed by atoms with E-state index in [0.717, 1.165) is 25.7 Å². The Morgan fingerprint density at radius 3 is 2.79 bits per heavy atom. The molecule has 24 heavy (non-hydrogen) atoms. The van der Waals surface area contributed by atoms with Crippen molar-refractivity contribution in [2.45, 2.75) is 49.8 Å². The summed E-state index contributed by atoms with van der Waals surface area (Å²) in [5.41, 5.74) is 5.46. The van der Waals surface area contributed by atoms with Crippen LogP contribution in [0, 0.1) is 0 Å². The molecule has 2 fully saturated rings. The van der Waals surface area contributed by atoms with Crippen molar-refractivity contribution < 1.29 is 9.90 Å². The summed E-state index contributed by atoms with van der Waals surface area (Å²) in [7, 11) is 3.84. The summed E-state index contributed by atoms with van der Waals surface area (Å²) in [4.78, 5) is 16.3. The van der Waals surface area contributed by atoms with Crippen LogP contribution in [-0.4, -0.2) is 81.2 Å². The molecular weight excluding hydrogens is 308 g/mol. The van der Waals surface area contributed by atoms with Crippen LogP contribution in [-0.2, 0) is 0 Å². The Kier molecular flexibility index (Phi) is 4.89. The predicted molar refractivity (Wildman–Crippen MR) is 89.5 cm³/mol. The van der Waals surface area contributed by atoms with Gasteiger partial charge in [-0.15, -0.1) is 5.10 Å². The van der Waals surface area contributed by atoms with Gasteiger partial charge in [-0.25, -0.2) is 4.68 Å². The second kappa shape index (κ2) is 6.78. The van der Waals surface area contributed by atoms with Crippen molar-refractivity contribution in [3.05, 3.63) is 11.9 Å². The maximum Gasteiger partial charge on any atom is 0.276 e. The molecule has 1 aromatic rings. The van der Waals surface area contributed by atoms with E-state index < -0.39 is 5.60 Å². The molecule has 2 heterocycles. The highest BCUT2D eigenvalue weighted by Crippen LogP contribution is 2.27. The molecule has 0 radical (unpaired) electrons. The van der Waals surface area contributed by atoms with Gasteiger partial charge in [0, 0.05) is 19.1 Å². The third-order valence-corrected chi connectivity index (χ3v) is 5.07. The van der Waals surface area contributed by atoms with Gasteiger partial charge in [-0.3, -0.25) is 4.79 Å². The highest BCUT2D eigenvalue weighted by molar-refractivity contribution is 5.92. The second-order valence-electron chi connectivity index (χ2n) is 7.59. The van der Waals surface area contributed by atoms with E-state index in [0.29, 0.717) is 31.7 Å². The average Bonchev–Trinajstić information content (AvgIpc) is 3.14. The summed E-state index contributed by atoms with van der Waals surface area (Å²) in [6.45, 7) is 1.44. The van der Waals surface area contributed by atoms with E-state index in [-0.39, 0.29) is 18.0 Å². The first-order valence-corrected chi connectivity index (χ1v) is 8.70. The Morgan fingerprint density at radius 1 is 1.42 bits per heavy atom. The zero-order valence-corrected chi connectivity index (χ0v) is 14.6. The van der Waals surface area contributed by atoms with Gasteiger partial charge in [0.1, 0.15) is 0 Å². The smallest absolute Gasteiger partial charge is 0.276 e. The fraction of sp³-hybridized carbons (Fsp3) is 0.812. The van der Waals surface area contributed by atoms with Crippen molar-refractivity contribution >= 4 is 5.91 Å². The lowest BCUT2D eigenvalue weighted by Gasteiger charge is -2.26. The fourth-order valence-corrected chi connectivity index (χ4v) is 3.83. The molecule has 2 aliphatic rings. The van der Waals surface area contributed by atoms with Crippen molar-refractivity contribution in [2.75, 3.05) is 33.7 Å². The van der Waals surface area contributed by atoms with Crippen LogP contribution in [0.1, 0.15) is 48.6 Å². The van der Waals surface area contributed by atoms with Gasteiger partial charge in [0.15, 0.2) is 5.69 Å². The summed E-state index contributed by atoms with van der Waals surface area (Å²) in [6.07, 6.45) is 6.25. The SMILES string of the molecule is CN(C)C[C@]1(O)CCN(C(=O)c2cn(C3CCC(N)CC3)nn2)C1. The number of hydrogen-bond donors (Lipinski definition) is 2. The van der Waals surface area contributed by atoms with Crippen molar-refractivity contribution in [1.82, 2.24) is 24.8 Å². The first-order chi connectivity index (χ1) is 11.4. The molecule has 1 aromatic heterocycles. The van der Waals surface area contributed by atoms with E-state index in [1.54, 1.807) is 15.8 Å². The predicted octanol–water partition coefficient (Wildman–Crippen LogP) is -0.141. The van der Waals surface area contributed by atoms with E-state index in [1.165, 1.54) is 0 Å². The number of nitrogens with two attached hydrogens (primary N) is 1. The molecule has 1 atom stereocenters. The minimum atomic E-state index is -0.839. The van der Waals surface area contributed by atoms with Gasteiger partial charge in [-0.1, -0.05) is 5.21 Å². The number of aromatic nitrogens is 3. The molecule has 0 spiro atoms. The quantitative estimate of drug-likeness (QED) is 0.794. The van der Waals surface area contributed by atoms with E-state index in [9.17, 15) is 9.90 Å². The third-order valence-electron chi connectivity index (χ3n) is 5.07. The highest BCUT2D eigenvalue weighted by Gasteiger charge is 2.39. The molecule has 0 unspecified atom stereocenters. The molecule has 0 aromatic carbocycles. The Labute approximate surface area is 142 Å². The molecule has 8 nitrogen and oxygen atoms in total. The van der Waals surface area contributed by atoms with Crippen molar-refractivity contribution in [3.8, 4) is 0 Å². The van der Waals surface area contributed by atoms with E-state index >= 15 is 0 Å². The maximum atomic E-state index is 12.6. The molecule has 3 rings (SSSR count). The molecule has 1 saturated carbocycles. The number of rotatable bonds is 4. The number of carbonyl (C=O) groups excluding carboxylic acids is 1. The molecule has 1 aliphatic heterocycles. The molecule has 1 aliphatic carbocycles. The monoisotopic (exact) mass is 336 g/mol. The van der Waals surface area contributed by atoms with Gasteiger partial charge in [0.2, 0.25) is 0 Å². The molecule has 0 bridgehead atoms. The van der Waals surface area contributed by atoms with Gasteiger partial charge in [0.05, 0.1) is 24.4 Å². The zero-order valence-electron chi connectivity index (χ0n) is 14.6. The number of β-amino-alcohol motifs (C(OH)–C–C–N with tert-alkyl or cyclic N) is 1. The lowest BCUT2D eigenvalue weighted by molar-refractivity contribution is 0.0235. The zero-order chi connectivity index (χ0) is 17.3. The first kappa shape index (κ1) is 17.3. The van der Waals surface area contributed by atoms with Gasteiger partial charge < -0.3 is 20.6 Å². The topological polar surface area (TPSA) is 101 Å². The van der Waals surface area contributed by atoms with Gasteiger partial charge in [-0.2, -0.15) is 0 Å². The van der Waals surface area contributed by atoms with Crippen LogP contribution in [0.2, 0.25) is 0 Å². The normalized spacial score (nSPS) is 31.0. The summed E-state index contributed by atoms with van der Waals surface area (Å²) in [5, 5.41) is 18.8. The minimum Gasteiger partial charge on any atom is -0.387 e. The molecule has 134 valence electrons. The third kappa shape index (κ3) is 3.76. The fourth-order valence-electron chi connectivity index (χ4n) is 3.83. The molecule has 1 saturated heterocycles. The number of nitrogens with zero attached hydrogens (tertiary/aromatic N) is 5. The Bertz CT molecular complexity index is 581. The van der Waals surface area contributed by atoms with E-state index in [4.69, 9.17) is 5.73 Å². The molecule has 1 amide bonds. The number of amides is 1. The van der Waals surface area contributed by atoms with Gasteiger partial charge in [0.25, 0.3) is 5.91 Å². The highest BCUT2D eigenvalue weighted by atomic mass is 16.3. The van der Waals surface area contributed by atoms with Crippen molar-refractivity contribution in [3.63, 3.8) is 0 Å². The van der Waals surface area contributed by atoms with Crippen LogP contribution in [0.5, 0.6) is 0 Å². The lowest BCUT2D eigenvalue weighted by atomic mass is 9.92. The Hall–Kier alpha value is -1.51. The Morgan fingerprint density at radius 2 is 2.12 bits per heavy atom. The number of likely N-dealkylation sites (tertiary alicyclic amines) is 1. The molecule has 3 N–H and O–H groups in total. The minimum absolute atomic E-state index is 0.150. The molecule has 8 heteroatoms. The summed E-state index contributed by atoms with van der Waals surface area (Å²) in [6, 6.07) is 0.563. The van der Waals surface area contributed by atoms with Gasteiger partial charge >= 0.3 is 0 Å². The summed E-state index contributed by atoms with van der Waals surface area (Å²) in [5.74, 6) is -0.150. The van der Waals surface area contributed by atoms with Gasteiger partial charge in [-0.05, 0) is 46.2 Å². The van der Waals surface area contributed by atoms with Crippen LogP contribution >= 0.6 is 0 Å². The average molecular weight is 336 g/mol. The number of carbonyl (C=O) groups is 1. The van der Waals surface area contributed by atoms with Crippen LogP contribution < -0.4 is 5.73 Å². The van der Waals surface area contributed by atoms with Crippen LogP contribution in [0.25, 0.3) is 0 Å². The summed E-state index contributed by atoms with van der Waals surface area (Å²) < 4.78 is 1.81. The largest absolute Gasteiger partial charge is 0.387 e. The number of likely N-dealkylation sites (N-methyl/N-ethyl adjacent to an activating group) is 1. The van der Waals surface area contributed by atoms with E-state index in [2.05, 4.69) is 10.3 Å². The van der Waals surface area contributed by atoms with Crippen LogP contribution in [0.3, 0.4) is 0 Å². The lowest BCUT2D eigenvalue weighted by Crippen LogP contribution is -2.43. The number of aliphatic hydroxyl groups is 1. The van der Waals surface area contributed by atoms with Crippen LogP contribution in [0.4, 0.5) is 0 Å². The first-order valence-electron chi connectivity index (χ1n) is 8.70. The summed E-state index contributed by atoms with van der Waals surface area (Å²) >= 11 is 0. The van der Waals surface area contributed by atoms with Crippen LogP contribution in [0.15, 0.2) is 6.20 Å². The number of hydrogen-bond acceptors (Lipinski definition) is 6. The molecular formula is C16H28N6O2. The Balaban J connectivity index is 1.62. The van der Waals surface area contributed by atoms with Crippen molar-refractivity contribution in [1.29, 1.82) is 0 Å². The van der Waals surface area contributed by atoms with Crippen molar-refractivity contribution in [2.24, 2.45) is 5.73 Å². The maximum absolute atomic E-state index is 12.6.